The Bertz CT molecular complexity index is 271. The Kier molecular flexibility index (Phi) is 6.31. The van der Waals surface area contributed by atoms with Crippen LogP contribution in [0.2, 0.25) is 18.1 Å². The number of alkyl halides is 9. The van der Waals surface area contributed by atoms with Crippen molar-refractivity contribution in [1.82, 2.24) is 0 Å². The van der Waals surface area contributed by atoms with E-state index >= 15 is 0 Å². The first-order valence-corrected chi connectivity index (χ1v) is 8.30. The summed E-state index contributed by atoms with van der Waals surface area (Å²) in [5.41, 5.74) is 0. The van der Waals surface area contributed by atoms with Crippen LogP contribution in [-0.4, -0.2) is 36.6 Å². The van der Waals surface area contributed by atoms with E-state index in [0.29, 0.717) is 0 Å². The van der Waals surface area contributed by atoms with Gasteiger partial charge in [0.2, 0.25) is 8.32 Å². The third-order valence-corrected chi connectivity index (χ3v) is 7.18. The summed E-state index contributed by atoms with van der Waals surface area (Å²) in [4.78, 5) is 16.8. The van der Waals surface area contributed by atoms with Crippen molar-refractivity contribution in [2.24, 2.45) is 0 Å². The van der Waals surface area contributed by atoms with Crippen LogP contribution in [0.4, 0.5) is 39.5 Å². The molecule has 0 aliphatic carbocycles. The van der Waals surface area contributed by atoms with Crippen LogP contribution in [0.25, 0.3) is 0 Å². The van der Waals surface area contributed by atoms with Crippen LogP contribution >= 0.6 is 8.60 Å². The third-order valence-electron chi connectivity index (χ3n) is 1.84. The lowest BCUT2D eigenvalue weighted by Gasteiger charge is -2.33. The lowest BCUT2D eigenvalue weighted by Crippen LogP contribution is -2.47. The summed E-state index contributed by atoms with van der Waals surface area (Å²) < 4.78 is 114. The molecular weight excluding hydrogens is 350 g/mol. The molecule has 0 saturated carbocycles. The van der Waals surface area contributed by atoms with E-state index in [9.17, 15) is 39.5 Å². The zero-order chi connectivity index (χ0) is 16.4. The van der Waals surface area contributed by atoms with Crippen molar-refractivity contribution in [2.45, 2.75) is 36.7 Å². The van der Waals surface area contributed by atoms with Gasteiger partial charge in [-0.15, -0.1) is 0 Å². The van der Waals surface area contributed by atoms with Crippen LogP contribution in [0.1, 0.15) is 0 Å². The predicted octanol–water partition coefficient (Wildman–Crippen LogP) is 3.85. The second-order valence-electron chi connectivity index (χ2n) is 3.90. The van der Waals surface area contributed by atoms with E-state index in [0.717, 1.165) is 0 Å². The molecule has 0 aliphatic rings. The van der Waals surface area contributed by atoms with Gasteiger partial charge in [-0.05, 0) is 0 Å². The fourth-order valence-electron chi connectivity index (χ4n) is 1.55. The number of hydrogen-bond acceptors (Lipinski definition) is 3. The van der Waals surface area contributed by atoms with Gasteiger partial charge in [0.1, 0.15) is 0 Å². The van der Waals surface area contributed by atoms with Crippen molar-refractivity contribution in [2.75, 3.05) is 0 Å². The molecule has 0 heterocycles. The molecule has 2 N–H and O–H groups in total. The van der Waals surface area contributed by atoms with Crippen LogP contribution < -0.4 is 0 Å². The van der Waals surface area contributed by atoms with Crippen molar-refractivity contribution >= 4 is 16.9 Å². The highest BCUT2D eigenvalue weighted by Gasteiger charge is 2.58. The van der Waals surface area contributed by atoms with Gasteiger partial charge in [0, 0.05) is 0 Å². The van der Waals surface area contributed by atoms with E-state index in [-0.39, 0.29) is 0 Å². The second-order valence-corrected chi connectivity index (χ2v) is 8.57. The molecule has 14 heteroatoms. The second kappa shape index (κ2) is 6.34. The SMILES string of the molecule is OP(O)O[Si](CC(F)(F)F)(CC(F)(F)F)CC(F)(F)F. The smallest absolute Gasteiger partial charge is 0.353 e. The minimum Gasteiger partial charge on any atom is -0.353 e. The van der Waals surface area contributed by atoms with Crippen molar-refractivity contribution < 1.29 is 53.5 Å². The first-order chi connectivity index (χ1) is 8.54. The Morgan fingerprint density at radius 3 is 1.10 bits per heavy atom. The summed E-state index contributed by atoms with van der Waals surface area (Å²) in [6.45, 7) is 0. The topological polar surface area (TPSA) is 49.7 Å². The predicted molar refractivity (Wildman–Crippen MR) is 50.8 cm³/mol. The van der Waals surface area contributed by atoms with Gasteiger partial charge in [-0.1, -0.05) is 0 Å². The number of rotatable bonds is 5. The first-order valence-electron chi connectivity index (χ1n) is 4.61. The fraction of sp³-hybridized carbons (Fsp3) is 1.00. The van der Waals surface area contributed by atoms with E-state index in [1.807, 2.05) is 0 Å². The molecule has 0 spiro atoms. The van der Waals surface area contributed by atoms with Gasteiger partial charge in [-0.25, -0.2) is 0 Å². The van der Waals surface area contributed by atoms with Crippen LogP contribution in [0, 0.1) is 0 Å². The summed E-state index contributed by atoms with van der Waals surface area (Å²) in [5.74, 6) is 0. The Morgan fingerprint density at radius 1 is 0.700 bits per heavy atom. The molecule has 0 amide bonds. The molecule has 0 aromatic rings. The van der Waals surface area contributed by atoms with Gasteiger partial charge in [0.05, 0.1) is 18.1 Å². The van der Waals surface area contributed by atoms with Gasteiger partial charge < -0.3 is 14.0 Å². The standard InChI is InChI=1S/C6H8F9O3PSi/c7-4(8,9)1-20(18-19(16)17,2-5(10,11)12)3-6(13,14)15/h16-17H,1-3H2. The Balaban J connectivity index is 5.50. The summed E-state index contributed by atoms with van der Waals surface area (Å²) in [6.07, 6.45) is -16.1. The van der Waals surface area contributed by atoms with E-state index in [4.69, 9.17) is 9.79 Å². The Labute approximate surface area is 108 Å². The highest BCUT2D eigenvalue weighted by atomic mass is 31.2. The van der Waals surface area contributed by atoms with Gasteiger partial charge in [-0.2, -0.15) is 39.5 Å². The Morgan fingerprint density at radius 2 is 0.950 bits per heavy atom. The molecule has 0 bridgehead atoms. The van der Waals surface area contributed by atoms with Crippen molar-refractivity contribution in [3.8, 4) is 0 Å². The largest absolute Gasteiger partial charge is 0.389 e. The molecule has 0 saturated heterocycles. The van der Waals surface area contributed by atoms with E-state index < -0.39 is 53.6 Å². The molecular formula is C6H8F9O3PSi. The van der Waals surface area contributed by atoms with E-state index in [2.05, 4.69) is 4.21 Å². The molecule has 0 atom stereocenters. The maximum atomic E-state index is 12.2. The zero-order valence-corrected chi connectivity index (χ0v) is 11.2. The molecule has 20 heavy (non-hydrogen) atoms. The molecule has 0 aromatic carbocycles. The van der Waals surface area contributed by atoms with Gasteiger partial charge in [-0.3, -0.25) is 0 Å². The van der Waals surface area contributed by atoms with Crippen LogP contribution in [0.3, 0.4) is 0 Å². The molecule has 0 aliphatic heterocycles. The quantitative estimate of drug-likeness (QED) is 0.446. The van der Waals surface area contributed by atoms with Crippen molar-refractivity contribution in [3.63, 3.8) is 0 Å². The normalized spacial score (nSPS) is 15.0. The lowest BCUT2D eigenvalue weighted by atomic mass is 10.7. The molecule has 0 radical (unpaired) electrons. The molecule has 0 rings (SSSR count). The van der Waals surface area contributed by atoms with E-state index in [1.54, 1.807) is 0 Å². The average Bonchev–Trinajstić information content (AvgIpc) is 1.86. The minimum atomic E-state index is -5.61. The van der Waals surface area contributed by atoms with Crippen LogP contribution in [0.5, 0.6) is 0 Å². The lowest BCUT2D eigenvalue weighted by molar-refractivity contribution is -0.130. The van der Waals surface area contributed by atoms with E-state index in [1.165, 1.54) is 0 Å². The van der Waals surface area contributed by atoms with Gasteiger partial charge in [0.15, 0.2) is 0 Å². The molecule has 0 fully saturated rings. The molecule has 122 valence electrons. The summed E-state index contributed by atoms with van der Waals surface area (Å²) in [5, 5.41) is 0. The molecule has 3 nitrogen and oxygen atoms in total. The van der Waals surface area contributed by atoms with Gasteiger partial charge >= 0.3 is 27.1 Å². The van der Waals surface area contributed by atoms with Crippen LogP contribution in [0.15, 0.2) is 0 Å². The third kappa shape index (κ3) is 9.75. The van der Waals surface area contributed by atoms with Crippen molar-refractivity contribution in [3.05, 3.63) is 0 Å². The first kappa shape index (κ1) is 19.9. The maximum Gasteiger partial charge on any atom is 0.389 e. The summed E-state index contributed by atoms with van der Waals surface area (Å²) >= 11 is 0. The summed E-state index contributed by atoms with van der Waals surface area (Å²) in [7, 11) is -9.40. The summed E-state index contributed by atoms with van der Waals surface area (Å²) in [6, 6.07) is -7.46. The van der Waals surface area contributed by atoms with Gasteiger partial charge in [0.25, 0.3) is 0 Å². The average molecular weight is 358 g/mol. The fourth-order valence-corrected chi connectivity index (χ4v) is 6.28. The highest BCUT2D eigenvalue weighted by Crippen LogP contribution is 2.48. The highest BCUT2D eigenvalue weighted by molar-refractivity contribution is 7.41. The monoisotopic (exact) mass is 358 g/mol. The van der Waals surface area contributed by atoms with Crippen molar-refractivity contribution in [1.29, 1.82) is 0 Å². The number of hydrogen-bond donors (Lipinski definition) is 2. The minimum absolute atomic E-state index is 2.49. The molecule has 0 aromatic heterocycles. The number of halogens is 9. The zero-order valence-electron chi connectivity index (χ0n) is 9.27. The Hall–Kier alpha value is -0.103. The maximum absolute atomic E-state index is 12.2. The molecule has 0 unspecified atom stereocenters. The van der Waals surface area contributed by atoms with Crippen LogP contribution in [-0.2, 0) is 4.21 Å².